The molecule has 0 aliphatic heterocycles. The van der Waals surface area contributed by atoms with Gasteiger partial charge in [-0.1, -0.05) is 30.3 Å². The second-order valence-corrected chi connectivity index (χ2v) is 7.05. The molecule has 2 aromatic rings. The van der Waals surface area contributed by atoms with Crippen LogP contribution in [-0.2, 0) is 16.4 Å². The fourth-order valence-electron chi connectivity index (χ4n) is 1.87. The van der Waals surface area contributed by atoms with Crippen molar-refractivity contribution in [2.75, 3.05) is 13.7 Å². The van der Waals surface area contributed by atoms with Crippen molar-refractivity contribution in [1.82, 2.24) is 4.72 Å². The summed E-state index contributed by atoms with van der Waals surface area (Å²) in [6.45, 7) is 0.352. The quantitative estimate of drug-likeness (QED) is 0.851. The monoisotopic (exact) mass is 369 g/mol. The number of hydrogen-bond donors (Lipinski definition) is 1. The molecule has 0 atom stereocenters. The molecule has 4 nitrogen and oxygen atoms in total. The summed E-state index contributed by atoms with van der Waals surface area (Å²) >= 11 is 3.30. The van der Waals surface area contributed by atoms with Crippen LogP contribution in [0.4, 0.5) is 0 Å². The summed E-state index contributed by atoms with van der Waals surface area (Å²) in [5, 5.41) is 0. The lowest BCUT2D eigenvalue weighted by atomic mass is 10.2. The van der Waals surface area contributed by atoms with E-state index in [9.17, 15) is 8.42 Å². The first-order chi connectivity index (χ1) is 10.0. The largest absolute Gasteiger partial charge is 0.496 e. The molecular weight excluding hydrogens is 354 g/mol. The number of ether oxygens (including phenoxy) is 1. The first-order valence-electron chi connectivity index (χ1n) is 6.40. The van der Waals surface area contributed by atoms with Crippen LogP contribution in [0.2, 0.25) is 0 Å². The third-order valence-electron chi connectivity index (χ3n) is 2.98. The van der Waals surface area contributed by atoms with Crippen LogP contribution in [0.3, 0.4) is 0 Å². The molecule has 0 aliphatic carbocycles. The van der Waals surface area contributed by atoms with Gasteiger partial charge >= 0.3 is 0 Å². The Morgan fingerprint density at radius 3 is 2.52 bits per heavy atom. The highest BCUT2D eigenvalue weighted by Crippen LogP contribution is 2.27. The molecule has 0 radical (unpaired) electrons. The molecule has 2 aromatic carbocycles. The van der Waals surface area contributed by atoms with E-state index >= 15 is 0 Å². The van der Waals surface area contributed by atoms with Gasteiger partial charge in [-0.15, -0.1) is 0 Å². The summed E-state index contributed by atoms with van der Waals surface area (Å²) in [5.41, 5.74) is 1.09. The number of hydrogen-bond acceptors (Lipinski definition) is 3. The predicted octanol–water partition coefficient (Wildman–Crippen LogP) is 2.98. The number of rotatable bonds is 6. The Morgan fingerprint density at radius 1 is 1.14 bits per heavy atom. The second-order valence-electron chi connectivity index (χ2n) is 4.43. The van der Waals surface area contributed by atoms with Crippen molar-refractivity contribution in [2.24, 2.45) is 0 Å². The molecule has 0 bridgehead atoms. The van der Waals surface area contributed by atoms with Gasteiger partial charge in [-0.05, 0) is 40.0 Å². The topological polar surface area (TPSA) is 55.4 Å². The summed E-state index contributed by atoms with van der Waals surface area (Å²) in [7, 11) is -2.03. The van der Waals surface area contributed by atoms with Gasteiger partial charge in [0.25, 0.3) is 0 Å². The highest BCUT2D eigenvalue weighted by Gasteiger charge is 2.15. The zero-order valence-corrected chi connectivity index (χ0v) is 13.9. The van der Waals surface area contributed by atoms with E-state index in [0.717, 1.165) is 5.56 Å². The maximum Gasteiger partial charge on any atom is 0.240 e. The zero-order valence-electron chi connectivity index (χ0n) is 11.5. The van der Waals surface area contributed by atoms with Gasteiger partial charge < -0.3 is 4.74 Å². The van der Waals surface area contributed by atoms with Crippen LogP contribution in [0, 0.1) is 0 Å². The lowest BCUT2D eigenvalue weighted by molar-refractivity contribution is 0.410. The van der Waals surface area contributed by atoms with E-state index in [1.54, 1.807) is 6.07 Å². The van der Waals surface area contributed by atoms with E-state index in [1.165, 1.54) is 19.2 Å². The van der Waals surface area contributed by atoms with Crippen molar-refractivity contribution < 1.29 is 13.2 Å². The Bertz CT molecular complexity index is 702. The SMILES string of the molecule is COc1cc(S(=O)(=O)NCCc2ccccc2)ccc1Br. The van der Waals surface area contributed by atoms with Crippen molar-refractivity contribution in [1.29, 1.82) is 0 Å². The maximum absolute atomic E-state index is 12.2. The molecule has 0 heterocycles. The standard InChI is InChI=1S/C15H16BrNO3S/c1-20-15-11-13(7-8-14(15)16)21(18,19)17-10-9-12-5-3-2-4-6-12/h2-8,11,17H,9-10H2,1H3. The van der Waals surface area contributed by atoms with Gasteiger partial charge in [-0.2, -0.15) is 0 Å². The third kappa shape index (κ3) is 4.30. The van der Waals surface area contributed by atoms with Crippen LogP contribution >= 0.6 is 15.9 Å². The van der Waals surface area contributed by atoms with Crippen LogP contribution in [0.1, 0.15) is 5.56 Å². The molecule has 21 heavy (non-hydrogen) atoms. The Labute approximate surface area is 133 Å². The van der Waals surface area contributed by atoms with E-state index in [1.807, 2.05) is 30.3 Å². The molecule has 0 aromatic heterocycles. The summed E-state index contributed by atoms with van der Waals surface area (Å²) < 4.78 is 32.9. The number of benzene rings is 2. The van der Waals surface area contributed by atoms with Gasteiger partial charge in [0.1, 0.15) is 5.75 Å². The molecule has 0 saturated carbocycles. The van der Waals surface area contributed by atoms with Crippen molar-refractivity contribution in [3.63, 3.8) is 0 Å². The van der Waals surface area contributed by atoms with Gasteiger partial charge in [0.2, 0.25) is 10.0 Å². The Hall–Kier alpha value is -1.37. The normalized spacial score (nSPS) is 11.3. The summed E-state index contributed by atoms with van der Waals surface area (Å²) in [5.74, 6) is 0.487. The first kappa shape index (κ1) is 16.0. The highest BCUT2D eigenvalue weighted by molar-refractivity contribution is 9.10. The number of halogens is 1. The molecular formula is C15H16BrNO3S. The van der Waals surface area contributed by atoms with Crippen LogP contribution in [-0.4, -0.2) is 22.1 Å². The van der Waals surface area contributed by atoms with Crippen molar-refractivity contribution in [3.05, 3.63) is 58.6 Å². The zero-order chi connectivity index (χ0) is 15.3. The molecule has 1 N–H and O–H groups in total. The van der Waals surface area contributed by atoms with E-state index in [0.29, 0.717) is 23.2 Å². The Morgan fingerprint density at radius 2 is 1.86 bits per heavy atom. The average molecular weight is 370 g/mol. The Balaban J connectivity index is 2.05. The molecule has 0 saturated heterocycles. The third-order valence-corrected chi connectivity index (χ3v) is 5.10. The number of methoxy groups -OCH3 is 1. The predicted molar refractivity (Wildman–Crippen MR) is 86.0 cm³/mol. The highest BCUT2D eigenvalue weighted by atomic mass is 79.9. The molecule has 0 unspecified atom stereocenters. The van der Waals surface area contributed by atoms with Crippen LogP contribution in [0.15, 0.2) is 57.9 Å². The fraction of sp³-hybridized carbons (Fsp3) is 0.200. The lowest BCUT2D eigenvalue weighted by Crippen LogP contribution is -2.26. The Kier molecular flexibility index (Phi) is 5.39. The summed E-state index contributed by atoms with van der Waals surface area (Å²) in [6.07, 6.45) is 0.647. The fourth-order valence-corrected chi connectivity index (χ4v) is 3.32. The molecule has 6 heteroatoms. The van der Waals surface area contributed by atoms with E-state index in [-0.39, 0.29) is 4.90 Å². The maximum atomic E-state index is 12.2. The van der Waals surface area contributed by atoms with Crippen molar-refractivity contribution in [2.45, 2.75) is 11.3 Å². The molecule has 2 rings (SSSR count). The summed E-state index contributed by atoms with van der Waals surface area (Å²) in [6, 6.07) is 14.4. The van der Waals surface area contributed by atoms with Crippen molar-refractivity contribution in [3.8, 4) is 5.75 Å². The van der Waals surface area contributed by atoms with Gasteiger partial charge in [-0.3, -0.25) is 0 Å². The van der Waals surface area contributed by atoms with Gasteiger partial charge in [0.05, 0.1) is 16.5 Å². The van der Waals surface area contributed by atoms with Gasteiger partial charge in [0.15, 0.2) is 0 Å². The van der Waals surface area contributed by atoms with Crippen LogP contribution < -0.4 is 9.46 Å². The average Bonchev–Trinajstić information content (AvgIpc) is 2.48. The smallest absolute Gasteiger partial charge is 0.240 e. The minimum absolute atomic E-state index is 0.190. The van der Waals surface area contributed by atoms with E-state index in [2.05, 4.69) is 20.7 Å². The minimum Gasteiger partial charge on any atom is -0.496 e. The van der Waals surface area contributed by atoms with Gasteiger partial charge in [0, 0.05) is 12.6 Å². The molecule has 0 aliphatic rings. The lowest BCUT2D eigenvalue weighted by Gasteiger charge is -2.09. The number of sulfonamides is 1. The first-order valence-corrected chi connectivity index (χ1v) is 8.67. The molecule has 0 fully saturated rings. The minimum atomic E-state index is -3.53. The molecule has 112 valence electrons. The van der Waals surface area contributed by atoms with E-state index in [4.69, 9.17) is 4.74 Å². The molecule has 0 amide bonds. The van der Waals surface area contributed by atoms with Crippen LogP contribution in [0.25, 0.3) is 0 Å². The molecule has 0 spiro atoms. The second kappa shape index (κ2) is 7.06. The number of nitrogens with one attached hydrogen (secondary N) is 1. The van der Waals surface area contributed by atoms with Gasteiger partial charge in [-0.25, -0.2) is 13.1 Å². The van der Waals surface area contributed by atoms with Crippen molar-refractivity contribution >= 4 is 26.0 Å². The summed E-state index contributed by atoms with van der Waals surface area (Å²) in [4.78, 5) is 0.190. The van der Waals surface area contributed by atoms with Crippen LogP contribution in [0.5, 0.6) is 5.75 Å². The van der Waals surface area contributed by atoms with E-state index < -0.39 is 10.0 Å².